The number of aryl methyl sites for hydroxylation is 1. The van der Waals surface area contributed by atoms with E-state index in [1.807, 2.05) is 32.2 Å². The van der Waals surface area contributed by atoms with Crippen molar-refractivity contribution in [3.05, 3.63) is 29.3 Å². The fourth-order valence-electron chi connectivity index (χ4n) is 1.67. The van der Waals surface area contributed by atoms with Crippen LogP contribution >= 0.6 is 12.4 Å². The van der Waals surface area contributed by atoms with Gasteiger partial charge in [-0.25, -0.2) is 0 Å². The van der Waals surface area contributed by atoms with Gasteiger partial charge in [-0.05, 0) is 32.0 Å². The van der Waals surface area contributed by atoms with Crippen molar-refractivity contribution in [2.45, 2.75) is 33.2 Å². The van der Waals surface area contributed by atoms with Gasteiger partial charge in [0.2, 0.25) is 5.91 Å². The van der Waals surface area contributed by atoms with Gasteiger partial charge in [-0.3, -0.25) is 4.79 Å². The fourth-order valence-corrected chi connectivity index (χ4v) is 1.67. The number of carbonyl (C=O) groups is 1. The third-order valence-corrected chi connectivity index (χ3v) is 2.76. The number of hydrogen-bond donors (Lipinski definition) is 2. The SMILES string of the molecule is CCCOc1cc(C)ccc1CNC(=O)CCNC.Cl. The predicted molar refractivity (Wildman–Crippen MR) is 84.6 cm³/mol. The summed E-state index contributed by atoms with van der Waals surface area (Å²) in [4.78, 5) is 11.6. The molecule has 0 spiro atoms. The zero-order chi connectivity index (χ0) is 14.1. The van der Waals surface area contributed by atoms with Gasteiger partial charge in [0.25, 0.3) is 0 Å². The summed E-state index contributed by atoms with van der Waals surface area (Å²) in [6.45, 7) is 6.02. The van der Waals surface area contributed by atoms with Gasteiger partial charge < -0.3 is 15.4 Å². The molecule has 4 nitrogen and oxygen atoms in total. The number of halogens is 1. The molecule has 0 heterocycles. The Bertz CT molecular complexity index is 411. The molecule has 1 rings (SSSR count). The molecule has 5 heteroatoms. The molecule has 0 saturated carbocycles. The molecule has 114 valence electrons. The molecule has 20 heavy (non-hydrogen) atoms. The molecule has 0 aliphatic rings. The lowest BCUT2D eigenvalue weighted by Gasteiger charge is -2.12. The van der Waals surface area contributed by atoms with E-state index in [1.165, 1.54) is 0 Å². The second kappa shape index (κ2) is 10.5. The molecule has 0 radical (unpaired) electrons. The zero-order valence-corrected chi connectivity index (χ0v) is 13.3. The Hall–Kier alpha value is -1.26. The highest BCUT2D eigenvalue weighted by Crippen LogP contribution is 2.20. The average molecular weight is 301 g/mol. The van der Waals surface area contributed by atoms with Crippen LogP contribution in [0.4, 0.5) is 0 Å². The van der Waals surface area contributed by atoms with E-state index in [9.17, 15) is 4.79 Å². The number of carbonyl (C=O) groups excluding carboxylic acids is 1. The van der Waals surface area contributed by atoms with Crippen molar-refractivity contribution in [1.29, 1.82) is 0 Å². The van der Waals surface area contributed by atoms with Crippen molar-refractivity contribution < 1.29 is 9.53 Å². The number of rotatable bonds is 8. The largest absolute Gasteiger partial charge is 0.493 e. The van der Waals surface area contributed by atoms with Gasteiger partial charge in [0.15, 0.2) is 0 Å². The van der Waals surface area contributed by atoms with E-state index in [0.717, 1.165) is 23.3 Å². The van der Waals surface area contributed by atoms with Gasteiger partial charge in [-0.15, -0.1) is 12.4 Å². The summed E-state index contributed by atoms with van der Waals surface area (Å²) in [5.41, 5.74) is 2.19. The average Bonchev–Trinajstić information content (AvgIpc) is 2.41. The molecule has 0 unspecified atom stereocenters. The van der Waals surface area contributed by atoms with Crippen LogP contribution in [0, 0.1) is 6.92 Å². The van der Waals surface area contributed by atoms with Crippen molar-refractivity contribution in [3.8, 4) is 5.75 Å². The summed E-state index contributed by atoms with van der Waals surface area (Å²) in [5, 5.41) is 5.87. The Morgan fingerprint density at radius 2 is 2.10 bits per heavy atom. The highest BCUT2D eigenvalue weighted by Gasteiger charge is 2.06. The van der Waals surface area contributed by atoms with E-state index >= 15 is 0 Å². The smallest absolute Gasteiger partial charge is 0.221 e. The van der Waals surface area contributed by atoms with Crippen molar-refractivity contribution >= 4 is 18.3 Å². The van der Waals surface area contributed by atoms with E-state index in [-0.39, 0.29) is 18.3 Å². The Morgan fingerprint density at radius 3 is 2.75 bits per heavy atom. The van der Waals surface area contributed by atoms with Crippen LogP contribution < -0.4 is 15.4 Å². The predicted octanol–water partition coefficient (Wildman–Crippen LogP) is 2.43. The van der Waals surface area contributed by atoms with Gasteiger partial charge in [-0.2, -0.15) is 0 Å². The highest BCUT2D eigenvalue weighted by molar-refractivity contribution is 5.85. The summed E-state index contributed by atoms with van der Waals surface area (Å²) in [6, 6.07) is 6.07. The Labute approximate surface area is 127 Å². The van der Waals surface area contributed by atoms with Crippen molar-refractivity contribution in [2.24, 2.45) is 0 Å². The monoisotopic (exact) mass is 300 g/mol. The van der Waals surface area contributed by atoms with Crippen LogP contribution in [0.5, 0.6) is 5.75 Å². The number of nitrogens with one attached hydrogen (secondary N) is 2. The number of ether oxygens (including phenoxy) is 1. The third kappa shape index (κ3) is 6.78. The lowest BCUT2D eigenvalue weighted by molar-refractivity contribution is -0.121. The van der Waals surface area contributed by atoms with E-state index in [2.05, 4.69) is 17.6 Å². The van der Waals surface area contributed by atoms with E-state index in [1.54, 1.807) is 0 Å². The zero-order valence-electron chi connectivity index (χ0n) is 12.5. The maximum absolute atomic E-state index is 11.6. The molecule has 1 aromatic carbocycles. The Kier molecular flexibility index (Phi) is 9.86. The second-order valence-electron chi connectivity index (χ2n) is 4.59. The lowest BCUT2D eigenvalue weighted by Crippen LogP contribution is -2.26. The molecule has 0 fully saturated rings. The first-order valence-electron chi connectivity index (χ1n) is 6.81. The minimum atomic E-state index is 0. The molecule has 0 atom stereocenters. The number of amides is 1. The summed E-state index contributed by atoms with van der Waals surface area (Å²) in [5.74, 6) is 0.923. The van der Waals surface area contributed by atoms with Gasteiger partial charge in [0.05, 0.1) is 6.61 Å². The van der Waals surface area contributed by atoms with E-state index in [4.69, 9.17) is 4.74 Å². The highest BCUT2D eigenvalue weighted by atomic mass is 35.5. The molecule has 2 N–H and O–H groups in total. The van der Waals surface area contributed by atoms with Crippen LogP contribution in [0.15, 0.2) is 18.2 Å². The van der Waals surface area contributed by atoms with Gasteiger partial charge in [-0.1, -0.05) is 19.1 Å². The normalized spacial score (nSPS) is 9.75. The number of hydrogen-bond acceptors (Lipinski definition) is 3. The topological polar surface area (TPSA) is 50.4 Å². The maximum atomic E-state index is 11.6. The molecular weight excluding hydrogens is 276 g/mol. The standard InChI is InChI=1S/C15H24N2O2.ClH/c1-4-9-19-14-10-12(2)5-6-13(14)11-17-15(18)7-8-16-3;/h5-6,10,16H,4,7-9,11H2,1-3H3,(H,17,18);1H. The van der Waals surface area contributed by atoms with Crippen LogP contribution in [0.1, 0.15) is 30.9 Å². The van der Waals surface area contributed by atoms with Crippen molar-refractivity contribution in [2.75, 3.05) is 20.2 Å². The van der Waals surface area contributed by atoms with Crippen LogP contribution in [0.25, 0.3) is 0 Å². The van der Waals surface area contributed by atoms with Crippen LogP contribution in [0.2, 0.25) is 0 Å². The van der Waals surface area contributed by atoms with Crippen molar-refractivity contribution in [1.82, 2.24) is 10.6 Å². The first kappa shape index (κ1) is 18.7. The minimum Gasteiger partial charge on any atom is -0.493 e. The van der Waals surface area contributed by atoms with Gasteiger partial charge in [0, 0.05) is 25.1 Å². The Balaban J connectivity index is 0.00000361. The molecule has 0 saturated heterocycles. The van der Waals surface area contributed by atoms with Crippen LogP contribution in [-0.2, 0) is 11.3 Å². The first-order chi connectivity index (χ1) is 9.17. The molecule has 1 aromatic rings. The molecule has 1 amide bonds. The minimum absolute atomic E-state index is 0. The summed E-state index contributed by atoms with van der Waals surface area (Å²) in [7, 11) is 1.84. The van der Waals surface area contributed by atoms with E-state index in [0.29, 0.717) is 26.1 Å². The summed E-state index contributed by atoms with van der Waals surface area (Å²) < 4.78 is 5.72. The third-order valence-electron chi connectivity index (χ3n) is 2.76. The summed E-state index contributed by atoms with van der Waals surface area (Å²) in [6.07, 6.45) is 1.47. The van der Waals surface area contributed by atoms with Crippen LogP contribution in [-0.4, -0.2) is 26.1 Å². The Morgan fingerprint density at radius 1 is 1.35 bits per heavy atom. The maximum Gasteiger partial charge on any atom is 0.221 e. The molecular formula is C15H25ClN2O2. The van der Waals surface area contributed by atoms with E-state index < -0.39 is 0 Å². The molecule has 0 aromatic heterocycles. The second-order valence-corrected chi connectivity index (χ2v) is 4.59. The first-order valence-corrected chi connectivity index (χ1v) is 6.81. The fraction of sp³-hybridized carbons (Fsp3) is 0.533. The lowest BCUT2D eigenvalue weighted by atomic mass is 10.1. The number of benzene rings is 1. The molecule has 0 aliphatic carbocycles. The van der Waals surface area contributed by atoms with Gasteiger partial charge >= 0.3 is 0 Å². The summed E-state index contributed by atoms with van der Waals surface area (Å²) >= 11 is 0. The van der Waals surface area contributed by atoms with Gasteiger partial charge in [0.1, 0.15) is 5.75 Å². The molecule has 0 bridgehead atoms. The molecule has 0 aliphatic heterocycles. The van der Waals surface area contributed by atoms with Crippen molar-refractivity contribution in [3.63, 3.8) is 0 Å². The van der Waals surface area contributed by atoms with Crippen LogP contribution in [0.3, 0.4) is 0 Å². The quantitative estimate of drug-likeness (QED) is 0.775.